The molecule has 0 aliphatic carbocycles. The first-order valence-electron chi connectivity index (χ1n) is 4.74. The normalized spacial score (nSPS) is 14.1. The van der Waals surface area contributed by atoms with Crippen molar-refractivity contribution in [1.29, 1.82) is 0 Å². The number of hydrogen-bond acceptors (Lipinski definition) is 3. The fraction of sp³-hybridized carbons (Fsp3) is 0.400. The second-order valence-electron chi connectivity index (χ2n) is 4.35. The summed E-state index contributed by atoms with van der Waals surface area (Å²) in [6.07, 6.45) is 0. The lowest BCUT2D eigenvalue weighted by atomic mass is 10.3. The third-order valence-corrected chi connectivity index (χ3v) is 3.26. The number of halogens is 1. The van der Waals surface area contributed by atoms with Crippen molar-refractivity contribution in [1.82, 2.24) is 0 Å². The number of rotatable bonds is 2. The SMILES string of the molecule is C[Si](C)(C)Oc1cc(Br)c2c(c1)OCO2. The van der Waals surface area contributed by atoms with Gasteiger partial charge < -0.3 is 13.9 Å². The second kappa shape index (κ2) is 3.72. The highest BCUT2D eigenvalue weighted by atomic mass is 79.9. The van der Waals surface area contributed by atoms with Crippen molar-refractivity contribution in [3.63, 3.8) is 0 Å². The van der Waals surface area contributed by atoms with Crippen molar-refractivity contribution in [3.05, 3.63) is 16.6 Å². The van der Waals surface area contributed by atoms with Gasteiger partial charge in [0.1, 0.15) is 5.75 Å². The first kappa shape index (κ1) is 10.8. The molecule has 1 heterocycles. The van der Waals surface area contributed by atoms with Gasteiger partial charge in [-0.2, -0.15) is 0 Å². The molecule has 0 N–H and O–H groups in total. The van der Waals surface area contributed by atoms with Crippen LogP contribution >= 0.6 is 15.9 Å². The molecule has 0 aromatic heterocycles. The Morgan fingerprint density at radius 3 is 2.67 bits per heavy atom. The van der Waals surface area contributed by atoms with Gasteiger partial charge in [-0.25, -0.2) is 0 Å². The average Bonchev–Trinajstić information content (AvgIpc) is 2.48. The van der Waals surface area contributed by atoms with Crippen molar-refractivity contribution in [2.45, 2.75) is 19.6 Å². The van der Waals surface area contributed by atoms with E-state index in [1.54, 1.807) is 0 Å². The van der Waals surface area contributed by atoms with E-state index in [0.717, 1.165) is 21.7 Å². The molecule has 1 aliphatic rings. The van der Waals surface area contributed by atoms with Crippen molar-refractivity contribution < 1.29 is 13.9 Å². The lowest BCUT2D eigenvalue weighted by Gasteiger charge is -2.19. The monoisotopic (exact) mass is 288 g/mol. The van der Waals surface area contributed by atoms with Crippen LogP contribution in [0.15, 0.2) is 16.6 Å². The fourth-order valence-electron chi connectivity index (χ4n) is 1.36. The van der Waals surface area contributed by atoms with Gasteiger partial charge in [0.05, 0.1) is 4.47 Å². The molecule has 1 aromatic rings. The van der Waals surface area contributed by atoms with Crippen molar-refractivity contribution in [2.24, 2.45) is 0 Å². The predicted octanol–water partition coefficient (Wildman–Crippen LogP) is 3.39. The molecule has 0 bridgehead atoms. The van der Waals surface area contributed by atoms with E-state index < -0.39 is 8.32 Å². The van der Waals surface area contributed by atoms with Crippen LogP contribution in [0, 0.1) is 0 Å². The highest BCUT2D eigenvalue weighted by Crippen LogP contribution is 2.42. The Morgan fingerprint density at radius 1 is 1.27 bits per heavy atom. The van der Waals surface area contributed by atoms with E-state index in [1.807, 2.05) is 12.1 Å². The van der Waals surface area contributed by atoms with Crippen molar-refractivity contribution >= 4 is 24.2 Å². The smallest absolute Gasteiger partial charge is 0.242 e. The summed E-state index contributed by atoms with van der Waals surface area (Å²) >= 11 is 3.44. The molecule has 0 spiro atoms. The Labute approximate surface area is 98.6 Å². The van der Waals surface area contributed by atoms with Crippen molar-refractivity contribution in [3.8, 4) is 17.2 Å². The van der Waals surface area contributed by atoms with Gasteiger partial charge >= 0.3 is 0 Å². The Bertz CT molecular complexity index is 387. The zero-order valence-electron chi connectivity index (χ0n) is 8.96. The average molecular weight is 289 g/mol. The van der Waals surface area contributed by atoms with Crippen LogP contribution in [0.4, 0.5) is 0 Å². The Morgan fingerprint density at radius 2 is 2.00 bits per heavy atom. The quantitative estimate of drug-likeness (QED) is 0.781. The number of ether oxygens (including phenoxy) is 2. The Balaban J connectivity index is 2.32. The summed E-state index contributed by atoms with van der Waals surface area (Å²) in [4.78, 5) is 0. The maximum absolute atomic E-state index is 5.88. The summed E-state index contributed by atoms with van der Waals surface area (Å²) in [5.74, 6) is 2.35. The standard InChI is InChI=1S/C10H13BrO3Si/c1-15(2,3)14-7-4-8(11)10-9(5-7)12-6-13-10/h4-5H,6H2,1-3H3. The maximum Gasteiger partial charge on any atom is 0.242 e. The zero-order valence-corrected chi connectivity index (χ0v) is 11.6. The topological polar surface area (TPSA) is 27.7 Å². The summed E-state index contributed by atoms with van der Waals surface area (Å²) in [6.45, 7) is 6.72. The molecule has 0 radical (unpaired) electrons. The van der Waals surface area contributed by atoms with Crippen molar-refractivity contribution in [2.75, 3.05) is 6.79 Å². The molecule has 0 atom stereocenters. The van der Waals surface area contributed by atoms with Gasteiger partial charge in [0, 0.05) is 6.07 Å². The molecule has 0 amide bonds. The first-order valence-corrected chi connectivity index (χ1v) is 8.94. The number of benzene rings is 1. The summed E-state index contributed by atoms with van der Waals surface area (Å²) in [5, 5.41) is 0. The van der Waals surface area contributed by atoms with Gasteiger partial charge in [-0.05, 0) is 41.6 Å². The van der Waals surface area contributed by atoms with Gasteiger partial charge in [0.2, 0.25) is 15.1 Å². The maximum atomic E-state index is 5.88. The minimum Gasteiger partial charge on any atom is -0.544 e. The molecule has 82 valence electrons. The molecule has 0 saturated carbocycles. The first-order chi connectivity index (χ1) is 6.96. The zero-order chi connectivity index (χ0) is 11.1. The third kappa shape index (κ3) is 2.46. The predicted molar refractivity (Wildman–Crippen MR) is 64.2 cm³/mol. The van der Waals surface area contributed by atoms with Crippen LogP contribution in [-0.2, 0) is 0 Å². The fourth-order valence-corrected chi connectivity index (χ4v) is 2.72. The van der Waals surface area contributed by atoms with Crippen LogP contribution in [0.25, 0.3) is 0 Å². The highest BCUT2D eigenvalue weighted by Gasteiger charge is 2.22. The van der Waals surface area contributed by atoms with E-state index in [-0.39, 0.29) is 6.79 Å². The largest absolute Gasteiger partial charge is 0.544 e. The minimum absolute atomic E-state index is 0.282. The molecule has 0 fully saturated rings. The molecule has 1 aromatic carbocycles. The van der Waals surface area contributed by atoms with E-state index in [9.17, 15) is 0 Å². The molecule has 1 aliphatic heterocycles. The van der Waals surface area contributed by atoms with Crippen LogP contribution in [0.5, 0.6) is 17.2 Å². The van der Waals surface area contributed by atoms with Crippen LogP contribution in [0.1, 0.15) is 0 Å². The number of fused-ring (bicyclic) bond motifs is 1. The van der Waals surface area contributed by atoms with Crippen LogP contribution in [0.2, 0.25) is 19.6 Å². The molecule has 2 rings (SSSR count). The Hall–Kier alpha value is -0.683. The molecule has 3 nitrogen and oxygen atoms in total. The molecule has 0 unspecified atom stereocenters. The summed E-state index contributed by atoms with van der Waals surface area (Å²) in [6, 6.07) is 3.80. The molecule has 0 saturated heterocycles. The molecular weight excluding hydrogens is 276 g/mol. The van der Waals surface area contributed by atoms with E-state index in [4.69, 9.17) is 13.9 Å². The van der Waals surface area contributed by atoms with Gasteiger partial charge in [-0.15, -0.1) is 0 Å². The van der Waals surface area contributed by atoms with Crippen LogP contribution < -0.4 is 13.9 Å². The van der Waals surface area contributed by atoms with Crippen LogP contribution in [0.3, 0.4) is 0 Å². The Kier molecular flexibility index (Phi) is 2.68. The van der Waals surface area contributed by atoms with E-state index in [1.165, 1.54) is 0 Å². The lowest BCUT2D eigenvalue weighted by Crippen LogP contribution is -2.29. The lowest BCUT2D eigenvalue weighted by molar-refractivity contribution is 0.173. The second-order valence-corrected chi connectivity index (χ2v) is 9.64. The summed E-state index contributed by atoms with van der Waals surface area (Å²) in [7, 11) is -1.57. The summed E-state index contributed by atoms with van der Waals surface area (Å²) in [5.41, 5.74) is 0. The van der Waals surface area contributed by atoms with E-state index >= 15 is 0 Å². The van der Waals surface area contributed by atoms with E-state index in [2.05, 4.69) is 35.6 Å². The molecular formula is C10H13BrO3Si. The third-order valence-electron chi connectivity index (χ3n) is 1.82. The minimum atomic E-state index is -1.57. The van der Waals surface area contributed by atoms with Crippen LogP contribution in [-0.4, -0.2) is 15.1 Å². The molecule has 5 heteroatoms. The van der Waals surface area contributed by atoms with Gasteiger partial charge in [0.25, 0.3) is 0 Å². The molecule has 15 heavy (non-hydrogen) atoms. The van der Waals surface area contributed by atoms with Gasteiger partial charge in [0.15, 0.2) is 11.5 Å². The number of hydrogen-bond donors (Lipinski definition) is 0. The summed E-state index contributed by atoms with van der Waals surface area (Å²) < 4.78 is 17.4. The highest BCUT2D eigenvalue weighted by molar-refractivity contribution is 9.10. The van der Waals surface area contributed by atoms with Gasteiger partial charge in [-0.3, -0.25) is 0 Å². The van der Waals surface area contributed by atoms with Gasteiger partial charge in [-0.1, -0.05) is 0 Å². The van der Waals surface area contributed by atoms with E-state index in [0.29, 0.717) is 0 Å².